The van der Waals surface area contributed by atoms with Crippen LogP contribution in [-0.2, 0) is 9.53 Å². The lowest BCUT2D eigenvalue weighted by molar-refractivity contribution is -0.174. The summed E-state index contributed by atoms with van der Waals surface area (Å²) in [7, 11) is 0. The molecule has 2 saturated carbocycles. The van der Waals surface area contributed by atoms with Crippen LogP contribution in [0.15, 0.2) is 0 Å². The van der Waals surface area contributed by atoms with Gasteiger partial charge in [0.25, 0.3) is 0 Å². The Labute approximate surface area is 83.4 Å². The second kappa shape index (κ2) is 2.01. The van der Waals surface area contributed by atoms with Crippen LogP contribution < -0.4 is 0 Å². The molecule has 0 radical (unpaired) electrons. The van der Waals surface area contributed by atoms with E-state index >= 15 is 0 Å². The minimum absolute atomic E-state index is 0.116. The molecule has 2 aliphatic carbocycles. The zero-order chi connectivity index (χ0) is 10.2. The molecule has 0 unspecified atom stereocenters. The van der Waals surface area contributed by atoms with E-state index in [4.69, 9.17) is 4.74 Å². The van der Waals surface area contributed by atoms with Gasteiger partial charge in [-0.05, 0) is 25.2 Å². The topological polar surface area (TPSA) is 46.5 Å². The summed E-state index contributed by atoms with van der Waals surface area (Å²) in [6, 6.07) is 0. The highest BCUT2D eigenvalue weighted by Crippen LogP contribution is 2.74. The number of hydrogen-bond acceptors (Lipinski definition) is 2. The second-order valence-corrected chi connectivity index (χ2v) is 5.61. The Morgan fingerprint density at radius 3 is 2.64 bits per heavy atom. The van der Waals surface area contributed by atoms with Crippen molar-refractivity contribution in [1.82, 2.24) is 0 Å². The number of carboxylic acid groups (broad SMARTS) is 1. The van der Waals surface area contributed by atoms with Gasteiger partial charge in [0.1, 0.15) is 0 Å². The van der Waals surface area contributed by atoms with Crippen LogP contribution in [0, 0.1) is 16.7 Å². The fourth-order valence-corrected chi connectivity index (χ4v) is 4.23. The molecule has 78 valence electrons. The molecule has 3 heteroatoms. The summed E-state index contributed by atoms with van der Waals surface area (Å²) in [5.41, 5.74) is -0.868. The predicted molar refractivity (Wildman–Crippen MR) is 49.9 cm³/mol. The number of carboxylic acids is 1. The maximum atomic E-state index is 11.4. The summed E-state index contributed by atoms with van der Waals surface area (Å²) in [6.07, 6.45) is 2.93. The number of aliphatic carboxylic acids is 1. The Kier molecular flexibility index (Phi) is 1.25. The standard InChI is InChI=1S/C11H16O3/c1-9-6-14-11(8(12)13)5-7(9)3-4-10(9,11)2/h7H,3-6H2,1-2H3,(H,12,13)/t7-,9-,10+,11-/m1/s1. The fraction of sp³-hybridized carbons (Fsp3) is 0.909. The van der Waals surface area contributed by atoms with E-state index in [1.54, 1.807) is 0 Å². The Morgan fingerprint density at radius 1 is 1.50 bits per heavy atom. The molecule has 0 aromatic carbocycles. The molecular weight excluding hydrogens is 180 g/mol. The molecule has 3 aliphatic rings. The highest BCUT2D eigenvalue weighted by atomic mass is 16.5. The molecule has 1 aliphatic heterocycles. The summed E-state index contributed by atoms with van der Waals surface area (Å²) in [5.74, 6) is -0.178. The Bertz CT molecular complexity index is 326. The van der Waals surface area contributed by atoms with E-state index in [-0.39, 0.29) is 10.8 Å². The summed E-state index contributed by atoms with van der Waals surface area (Å²) < 4.78 is 5.64. The molecule has 1 heterocycles. The van der Waals surface area contributed by atoms with Crippen molar-refractivity contribution in [3.63, 3.8) is 0 Å². The first-order chi connectivity index (χ1) is 6.46. The molecule has 4 atom stereocenters. The summed E-state index contributed by atoms with van der Waals surface area (Å²) in [5, 5.41) is 9.37. The quantitative estimate of drug-likeness (QED) is 0.693. The molecule has 3 nitrogen and oxygen atoms in total. The molecule has 0 spiro atoms. The van der Waals surface area contributed by atoms with Crippen LogP contribution in [0.25, 0.3) is 0 Å². The zero-order valence-corrected chi connectivity index (χ0v) is 8.67. The second-order valence-electron chi connectivity index (χ2n) is 5.61. The van der Waals surface area contributed by atoms with E-state index in [1.807, 2.05) is 0 Å². The van der Waals surface area contributed by atoms with Crippen molar-refractivity contribution in [2.45, 2.75) is 38.7 Å². The average Bonchev–Trinajstić information content (AvgIpc) is 2.58. The Morgan fingerprint density at radius 2 is 2.21 bits per heavy atom. The number of rotatable bonds is 1. The predicted octanol–water partition coefficient (Wildman–Crippen LogP) is 1.67. The lowest BCUT2D eigenvalue weighted by Crippen LogP contribution is -2.49. The van der Waals surface area contributed by atoms with Gasteiger partial charge in [0.2, 0.25) is 0 Å². The summed E-state index contributed by atoms with van der Waals surface area (Å²) in [4.78, 5) is 11.4. The molecule has 14 heavy (non-hydrogen) atoms. The van der Waals surface area contributed by atoms with E-state index in [2.05, 4.69) is 13.8 Å². The smallest absolute Gasteiger partial charge is 0.336 e. The molecule has 0 aromatic rings. The van der Waals surface area contributed by atoms with Crippen LogP contribution in [-0.4, -0.2) is 23.3 Å². The van der Waals surface area contributed by atoms with Crippen LogP contribution in [0.5, 0.6) is 0 Å². The van der Waals surface area contributed by atoms with Crippen molar-refractivity contribution < 1.29 is 14.6 Å². The number of ether oxygens (including phenoxy) is 1. The summed E-state index contributed by atoms with van der Waals surface area (Å²) >= 11 is 0. The van der Waals surface area contributed by atoms with Crippen molar-refractivity contribution in [2.24, 2.45) is 16.7 Å². The molecule has 3 rings (SSSR count). The van der Waals surface area contributed by atoms with Crippen LogP contribution in [0.3, 0.4) is 0 Å². The lowest BCUT2D eigenvalue weighted by atomic mass is 9.66. The maximum absolute atomic E-state index is 11.4. The molecule has 0 aromatic heterocycles. The van der Waals surface area contributed by atoms with Gasteiger partial charge in [-0.2, -0.15) is 0 Å². The Balaban J connectivity index is 2.18. The van der Waals surface area contributed by atoms with Gasteiger partial charge in [-0.1, -0.05) is 13.8 Å². The largest absolute Gasteiger partial charge is 0.479 e. The fourth-order valence-electron chi connectivity index (χ4n) is 4.23. The molecule has 1 saturated heterocycles. The number of hydrogen-bond donors (Lipinski definition) is 1. The number of carbonyl (C=O) groups is 1. The van der Waals surface area contributed by atoms with Crippen molar-refractivity contribution in [3.05, 3.63) is 0 Å². The van der Waals surface area contributed by atoms with Crippen molar-refractivity contribution in [1.29, 1.82) is 0 Å². The van der Waals surface area contributed by atoms with Crippen LogP contribution in [0.4, 0.5) is 0 Å². The van der Waals surface area contributed by atoms with Crippen LogP contribution in [0.1, 0.15) is 33.1 Å². The third-order valence-corrected chi connectivity index (χ3v) is 5.54. The SMILES string of the molecule is C[C@@]12CC[C@@H]3C[C@]1(C(=O)O)OC[C@]32C. The van der Waals surface area contributed by atoms with Gasteiger partial charge in [0.15, 0.2) is 5.60 Å². The van der Waals surface area contributed by atoms with Gasteiger partial charge in [-0.3, -0.25) is 0 Å². The first-order valence-electron chi connectivity index (χ1n) is 5.34. The van der Waals surface area contributed by atoms with Gasteiger partial charge in [0.05, 0.1) is 6.61 Å². The van der Waals surface area contributed by atoms with E-state index < -0.39 is 11.6 Å². The maximum Gasteiger partial charge on any atom is 0.336 e. The van der Waals surface area contributed by atoms with Crippen LogP contribution >= 0.6 is 0 Å². The van der Waals surface area contributed by atoms with E-state index in [0.717, 1.165) is 12.8 Å². The third kappa shape index (κ3) is 0.553. The van der Waals surface area contributed by atoms with E-state index in [0.29, 0.717) is 12.5 Å². The monoisotopic (exact) mass is 196 g/mol. The third-order valence-electron chi connectivity index (χ3n) is 5.54. The Hall–Kier alpha value is -0.570. The van der Waals surface area contributed by atoms with Gasteiger partial charge < -0.3 is 9.84 Å². The van der Waals surface area contributed by atoms with Gasteiger partial charge in [-0.15, -0.1) is 0 Å². The zero-order valence-electron chi connectivity index (χ0n) is 8.67. The van der Waals surface area contributed by atoms with Crippen molar-refractivity contribution in [3.8, 4) is 0 Å². The van der Waals surface area contributed by atoms with E-state index in [1.165, 1.54) is 6.42 Å². The lowest BCUT2D eigenvalue weighted by Gasteiger charge is -2.37. The van der Waals surface area contributed by atoms with Gasteiger partial charge in [-0.25, -0.2) is 4.79 Å². The minimum atomic E-state index is -0.856. The summed E-state index contributed by atoms with van der Waals surface area (Å²) in [6.45, 7) is 4.96. The van der Waals surface area contributed by atoms with E-state index in [9.17, 15) is 9.90 Å². The molecule has 1 N–H and O–H groups in total. The highest BCUT2D eigenvalue weighted by Gasteiger charge is 2.78. The normalized spacial score (nSPS) is 59.4. The highest BCUT2D eigenvalue weighted by molar-refractivity contribution is 5.81. The van der Waals surface area contributed by atoms with Crippen molar-refractivity contribution >= 4 is 5.97 Å². The average molecular weight is 196 g/mol. The molecular formula is C11H16O3. The van der Waals surface area contributed by atoms with Crippen LogP contribution in [0.2, 0.25) is 0 Å². The molecule has 0 amide bonds. The van der Waals surface area contributed by atoms with Gasteiger partial charge >= 0.3 is 5.97 Å². The van der Waals surface area contributed by atoms with Crippen molar-refractivity contribution in [2.75, 3.05) is 6.61 Å². The van der Waals surface area contributed by atoms with Gasteiger partial charge in [0, 0.05) is 10.8 Å². The first kappa shape index (κ1) is 8.72. The molecule has 4 bridgehead atoms. The minimum Gasteiger partial charge on any atom is -0.479 e. The first-order valence-corrected chi connectivity index (χ1v) is 5.34. The molecule has 3 fully saturated rings.